The van der Waals surface area contributed by atoms with E-state index in [-0.39, 0.29) is 11.3 Å². The minimum absolute atomic E-state index is 0.133. The number of thioether (sulfide) groups is 1. The van der Waals surface area contributed by atoms with Gasteiger partial charge in [0.2, 0.25) is 0 Å². The number of thiazole rings is 1. The highest BCUT2D eigenvalue weighted by molar-refractivity contribution is 8.01. The lowest BCUT2D eigenvalue weighted by Crippen LogP contribution is -2.26. The van der Waals surface area contributed by atoms with Gasteiger partial charge in [-0.3, -0.25) is 14.9 Å². The number of rotatable bonds is 5. The molecule has 4 aromatic rings. The third-order valence-electron chi connectivity index (χ3n) is 4.26. The van der Waals surface area contributed by atoms with E-state index in [4.69, 9.17) is 5.26 Å². The van der Waals surface area contributed by atoms with Gasteiger partial charge in [0, 0.05) is 5.39 Å². The van der Waals surface area contributed by atoms with Crippen LogP contribution in [0.4, 0.5) is 5.13 Å². The topological polar surface area (TPSA) is 101 Å². The zero-order valence-corrected chi connectivity index (χ0v) is 17.5. The van der Waals surface area contributed by atoms with E-state index in [9.17, 15) is 9.59 Å². The summed E-state index contributed by atoms with van der Waals surface area (Å²) in [6, 6.07) is 17.9. The summed E-state index contributed by atoms with van der Waals surface area (Å²) >= 11 is 2.68. The molecule has 0 spiro atoms. The Morgan fingerprint density at radius 3 is 2.60 bits per heavy atom. The van der Waals surface area contributed by atoms with Crippen molar-refractivity contribution in [2.75, 3.05) is 11.1 Å². The molecule has 2 heterocycles. The van der Waals surface area contributed by atoms with Gasteiger partial charge in [-0.25, -0.2) is 4.98 Å². The van der Waals surface area contributed by atoms with Crippen molar-refractivity contribution in [3.63, 3.8) is 0 Å². The first-order chi connectivity index (χ1) is 14.6. The summed E-state index contributed by atoms with van der Waals surface area (Å²) < 4.78 is 2.11. The number of hydrogen-bond acceptors (Lipinski definition) is 7. The van der Waals surface area contributed by atoms with E-state index in [0.717, 1.165) is 9.90 Å². The Bertz CT molecular complexity index is 1340. The summed E-state index contributed by atoms with van der Waals surface area (Å²) in [6.07, 6.45) is 0. The number of benzene rings is 2. The maximum Gasteiger partial charge on any atom is 0.279 e. The fourth-order valence-corrected chi connectivity index (χ4v) is 4.72. The van der Waals surface area contributed by atoms with Crippen molar-refractivity contribution in [1.29, 1.82) is 5.26 Å². The van der Waals surface area contributed by atoms with Crippen LogP contribution >= 0.6 is 23.1 Å². The smallest absolute Gasteiger partial charge is 0.279 e. The van der Waals surface area contributed by atoms with Crippen LogP contribution in [0.1, 0.15) is 16.2 Å². The molecule has 0 aliphatic carbocycles. The van der Waals surface area contributed by atoms with Crippen LogP contribution in [-0.4, -0.2) is 26.4 Å². The molecule has 0 aliphatic rings. The Morgan fingerprint density at radius 2 is 1.87 bits per heavy atom. The van der Waals surface area contributed by atoms with Gasteiger partial charge in [-0.05, 0) is 25.1 Å². The Morgan fingerprint density at radius 1 is 1.17 bits per heavy atom. The van der Waals surface area contributed by atoms with Crippen molar-refractivity contribution in [3.8, 4) is 11.8 Å². The molecule has 1 N–H and O–H groups in total. The summed E-state index contributed by atoms with van der Waals surface area (Å²) in [5, 5.41) is 17.2. The van der Waals surface area contributed by atoms with Gasteiger partial charge in [-0.1, -0.05) is 59.5 Å². The molecule has 2 aromatic heterocycles. The average Bonchev–Trinajstić information content (AvgIpc) is 3.12. The number of hydrogen-bond donors (Lipinski definition) is 1. The van der Waals surface area contributed by atoms with Gasteiger partial charge in [-0.15, -0.1) is 0 Å². The van der Waals surface area contributed by atoms with E-state index in [1.165, 1.54) is 27.8 Å². The number of nitriles is 1. The number of para-hydroxylation sites is 1. The summed E-state index contributed by atoms with van der Waals surface area (Å²) in [7, 11) is 0. The van der Waals surface area contributed by atoms with Gasteiger partial charge in [0.15, 0.2) is 10.8 Å². The predicted molar refractivity (Wildman–Crippen MR) is 118 cm³/mol. The Labute approximate surface area is 180 Å². The van der Waals surface area contributed by atoms with Crippen molar-refractivity contribution in [2.24, 2.45) is 0 Å². The van der Waals surface area contributed by atoms with Crippen LogP contribution in [0.15, 0.2) is 63.6 Å². The number of amides is 1. The summed E-state index contributed by atoms with van der Waals surface area (Å²) in [4.78, 5) is 30.4. The van der Waals surface area contributed by atoms with Gasteiger partial charge >= 0.3 is 0 Å². The summed E-state index contributed by atoms with van der Waals surface area (Å²) in [5.74, 6) is -0.147. The van der Waals surface area contributed by atoms with Crippen molar-refractivity contribution in [1.82, 2.24) is 14.8 Å². The number of aryl methyl sites for hydroxylation is 1. The lowest BCUT2D eigenvalue weighted by molar-refractivity contribution is 0.102. The van der Waals surface area contributed by atoms with E-state index in [0.29, 0.717) is 27.3 Å². The number of carbonyl (C=O) groups excluding carboxylic acids is 1. The Balaban J connectivity index is 1.77. The lowest BCUT2D eigenvalue weighted by Gasteiger charge is -2.10. The Hall–Kier alpha value is -3.48. The zero-order valence-electron chi connectivity index (χ0n) is 15.8. The number of anilines is 1. The zero-order chi connectivity index (χ0) is 21.1. The fourth-order valence-electron chi connectivity index (χ4n) is 2.93. The van der Waals surface area contributed by atoms with Crippen LogP contribution in [0.25, 0.3) is 16.5 Å². The third kappa shape index (κ3) is 3.83. The van der Waals surface area contributed by atoms with Crippen LogP contribution in [0.3, 0.4) is 0 Å². The molecule has 0 radical (unpaired) electrons. The summed E-state index contributed by atoms with van der Waals surface area (Å²) in [6.45, 7) is 1.83. The van der Waals surface area contributed by atoms with E-state index < -0.39 is 5.91 Å². The van der Waals surface area contributed by atoms with Crippen molar-refractivity contribution < 1.29 is 4.79 Å². The number of aromatic nitrogens is 3. The van der Waals surface area contributed by atoms with Crippen LogP contribution < -0.4 is 10.9 Å². The minimum atomic E-state index is -0.457. The average molecular weight is 434 g/mol. The highest BCUT2D eigenvalue weighted by Crippen LogP contribution is 2.32. The van der Waals surface area contributed by atoms with Crippen LogP contribution in [0, 0.1) is 18.3 Å². The molecule has 1 amide bonds. The number of fused-ring (bicyclic) bond motifs is 1. The van der Waals surface area contributed by atoms with Crippen LogP contribution in [0.5, 0.6) is 0 Å². The molecule has 0 bridgehead atoms. The molecular formula is C21H15N5O2S2. The molecule has 0 atom stereocenters. The van der Waals surface area contributed by atoms with Gasteiger partial charge in [-0.2, -0.15) is 15.0 Å². The molecule has 0 aliphatic heterocycles. The van der Waals surface area contributed by atoms with E-state index >= 15 is 0 Å². The molecule has 7 nitrogen and oxygen atoms in total. The van der Waals surface area contributed by atoms with Crippen LogP contribution in [0.2, 0.25) is 0 Å². The molecule has 2 aromatic carbocycles. The summed E-state index contributed by atoms with van der Waals surface area (Å²) in [5.41, 5.74) is 1.16. The molecule has 0 unspecified atom stereocenters. The van der Waals surface area contributed by atoms with Gasteiger partial charge in [0.05, 0.1) is 32.8 Å². The third-order valence-corrected chi connectivity index (χ3v) is 6.57. The van der Waals surface area contributed by atoms with Gasteiger partial charge < -0.3 is 0 Å². The SMILES string of the molecule is Cc1nc(NC(=O)c2nn(-c3ccccc3)c(=O)c3ccccc23)sc1SCC#N. The highest BCUT2D eigenvalue weighted by atomic mass is 32.2. The minimum Gasteiger partial charge on any atom is -0.296 e. The van der Waals surface area contributed by atoms with Crippen molar-refractivity contribution in [2.45, 2.75) is 11.1 Å². The van der Waals surface area contributed by atoms with E-state index in [1.54, 1.807) is 48.5 Å². The normalized spacial score (nSPS) is 10.7. The highest BCUT2D eigenvalue weighted by Gasteiger charge is 2.19. The van der Waals surface area contributed by atoms with E-state index in [2.05, 4.69) is 21.5 Å². The van der Waals surface area contributed by atoms with E-state index in [1.807, 2.05) is 13.0 Å². The second kappa shape index (κ2) is 8.49. The number of nitrogens with one attached hydrogen (secondary N) is 1. The second-order valence-corrected chi connectivity index (χ2v) is 8.48. The van der Waals surface area contributed by atoms with Crippen LogP contribution in [-0.2, 0) is 0 Å². The maximum atomic E-state index is 13.1. The maximum absolute atomic E-state index is 13.1. The molecule has 0 fully saturated rings. The molecule has 0 saturated carbocycles. The number of carbonyl (C=O) groups is 1. The molecule has 0 saturated heterocycles. The molecule has 30 heavy (non-hydrogen) atoms. The van der Waals surface area contributed by atoms with Gasteiger partial charge in [0.1, 0.15) is 0 Å². The predicted octanol–water partition coefficient (Wildman–Crippen LogP) is 4.02. The first kappa shape index (κ1) is 19.8. The number of nitrogens with zero attached hydrogens (tertiary/aromatic N) is 4. The van der Waals surface area contributed by atoms with Crippen molar-refractivity contribution >= 4 is 44.9 Å². The first-order valence-electron chi connectivity index (χ1n) is 8.94. The quantitative estimate of drug-likeness (QED) is 0.477. The molecule has 4 rings (SSSR count). The molecule has 9 heteroatoms. The molecular weight excluding hydrogens is 418 g/mol. The lowest BCUT2D eigenvalue weighted by atomic mass is 10.1. The first-order valence-corrected chi connectivity index (χ1v) is 10.7. The second-order valence-electron chi connectivity index (χ2n) is 6.24. The standard InChI is InChI=1S/C21H15N5O2S2/c1-13-20(29-12-11-22)30-21(23-13)24-18(27)17-15-9-5-6-10-16(15)19(28)26(25-17)14-7-3-2-4-8-14/h2-10H,12H2,1H3,(H,23,24,27). The fraction of sp³-hybridized carbons (Fsp3) is 0.0952. The monoisotopic (exact) mass is 433 g/mol. The largest absolute Gasteiger partial charge is 0.296 e. The molecule has 148 valence electrons. The van der Waals surface area contributed by atoms with Gasteiger partial charge in [0.25, 0.3) is 11.5 Å². The van der Waals surface area contributed by atoms with Crippen molar-refractivity contribution in [3.05, 3.63) is 76.3 Å². The Kier molecular flexibility index (Phi) is 5.61.